The highest BCUT2D eigenvalue weighted by atomic mass is 32.2. The van der Waals surface area contributed by atoms with E-state index in [-0.39, 0.29) is 0 Å². The average molecular weight is 577 g/mol. The second kappa shape index (κ2) is 10.3. The summed E-state index contributed by atoms with van der Waals surface area (Å²) in [5.74, 6) is 0. The Morgan fingerprint density at radius 2 is 0.833 bits per heavy atom. The van der Waals surface area contributed by atoms with Gasteiger partial charge in [-0.2, -0.15) is 0 Å². The fourth-order valence-electron chi connectivity index (χ4n) is 5.71. The zero-order valence-electron chi connectivity index (χ0n) is 22.5. The average Bonchev–Trinajstić information content (AvgIpc) is 3.06. The lowest BCUT2D eigenvalue weighted by Gasteiger charge is -2.33. The van der Waals surface area contributed by atoms with E-state index in [2.05, 4.69) is 131 Å². The van der Waals surface area contributed by atoms with E-state index in [0.717, 1.165) is 39.5 Å². The van der Waals surface area contributed by atoms with E-state index in [1.165, 1.54) is 31.6 Å². The van der Waals surface area contributed by atoms with Crippen LogP contribution in [0.25, 0.3) is 11.1 Å². The number of carbonyl (C=O) groups excluding carboxylic acids is 1. The Labute approximate surface area is 253 Å². The van der Waals surface area contributed by atoms with Crippen LogP contribution in [-0.4, -0.2) is 6.29 Å². The fourth-order valence-corrected chi connectivity index (χ4v) is 7.88. The predicted molar refractivity (Wildman–Crippen MR) is 175 cm³/mol. The van der Waals surface area contributed by atoms with Crippen molar-refractivity contribution >= 4 is 63.9 Å². The second-order valence-corrected chi connectivity index (χ2v) is 12.4. The molecule has 0 fully saturated rings. The van der Waals surface area contributed by atoms with E-state index < -0.39 is 0 Å². The first-order chi connectivity index (χ1) is 20.8. The standard InChI is InChI=1S/C37H24N2OS2/c40-24-25-13-22-33-37(23-25)42-36-12-6-3-9-32(36)39(33)29-20-16-27(17-21-29)26-14-18-28(19-15-26)38-30-7-1-4-10-34(30)41-35-11-5-2-8-31(35)38/h1-24H. The van der Waals surface area contributed by atoms with Crippen molar-refractivity contribution in [2.24, 2.45) is 0 Å². The molecule has 6 aromatic carbocycles. The van der Waals surface area contributed by atoms with Gasteiger partial charge in [-0.05, 0) is 90.0 Å². The molecule has 3 nitrogen and oxygen atoms in total. The number of rotatable bonds is 4. The van der Waals surface area contributed by atoms with Crippen LogP contribution >= 0.6 is 23.5 Å². The van der Waals surface area contributed by atoms with Gasteiger partial charge in [0.15, 0.2) is 0 Å². The topological polar surface area (TPSA) is 23.6 Å². The number of aldehydes is 1. The molecule has 2 aliphatic heterocycles. The summed E-state index contributed by atoms with van der Waals surface area (Å²) in [7, 11) is 0. The lowest BCUT2D eigenvalue weighted by molar-refractivity contribution is 0.112. The number of fused-ring (bicyclic) bond motifs is 4. The van der Waals surface area contributed by atoms with Crippen LogP contribution in [0.5, 0.6) is 0 Å². The van der Waals surface area contributed by atoms with Gasteiger partial charge in [0.2, 0.25) is 0 Å². The molecule has 0 amide bonds. The van der Waals surface area contributed by atoms with E-state index in [4.69, 9.17) is 0 Å². The Hall–Kier alpha value is -4.71. The van der Waals surface area contributed by atoms with Crippen molar-refractivity contribution in [1.82, 2.24) is 0 Å². The number of hydrogen-bond donors (Lipinski definition) is 0. The zero-order chi connectivity index (χ0) is 28.0. The molecule has 0 saturated carbocycles. The quantitative estimate of drug-likeness (QED) is 0.194. The summed E-state index contributed by atoms with van der Waals surface area (Å²) in [6.45, 7) is 0. The van der Waals surface area contributed by atoms with Crippen molar-refractivity contribution in [3.05, 3.63) is 145 Å². The molecule has 5 heteroatoms. The molecule has 0 bridgehead atoms. The largest absolute Gasteiger partial charge is 0.308 e. The summed E-state index contributed by atoms with van der Waals surface area (Å²) in [6.07, 6.45) is 0.910. The van der Waals surface area contributed by atoms with Crippen LogP contribution in [0, 0.1) is 0 Å². The number of para-hydroxylation sites is 3. The summed E-state index contributed by atoms with van der Waals surface area (Å²) in [5.41, 5.74) is 9.90. The monoisotopic (exact) mass is 576 g/mol. The van der Waals surface area contributed by atoms with Gasteiger partial charge in [-0.1, -0.05) is 84.2 Å². The summed E-state index contributed by atoms with van der Waals surface area (Å²) >= 11 is 3.53. The van der Waals surface area contributed by atoms with E-state index in [9.17, 15) is 4.79 Å². The number of nitrogens with zero attached hydrogens (tertiary/aromatic N) is 2. The molecule has 0 aromatic heterocycles. The summed E-state index contributed by atoms with van der Waals surface area (Å²) in [6, 6.07) is 49.1. The third-order valence-corrected chi connectivity index (χ3v) is 9.95. The Balaban J connectivity index is 1.13. The van der Waals surface area contributed by atoms with Crippen molar-refractivity contribution in [2.75, 3.05) is 9.80 Å². The number of carbonyl (C=O) groups is 1. The maximum Gasteiger partial charge on any atom is 0.150 e. The SMILES string of the molecule is O=Cc1ccc2c(c1)Sc1ccccc1N2c1ccc(-c2ccc(N3c4ccccc4Sc4ccccc43)cc2)cc1. The van der Waals surface area contributed by atoms with Gasteiger partial charge in [-0.25, -0.2) is 0 Å². The molecule has 0 atom stereocenters. The smallest absolute Gasteiger partial charge is 0.150 e. The van der Waals surface area contributed by atoms with Crippen LogP contribution in [0.2, 0.25) is 0 Å². The molecule has 0 N–H and O–H groups in total. The van der Waals surface area contributed by atoms with Crippen molar-refractivity contribution in [3.8, 4) is 11.1 Å². The molecular formula is C37H24N2OS2. The first-order valence-electron chi connectivity index (χ1n) is 13.8. The molecular weight excluding hydrogens is 553 g/mol. The lowest BCUT2D eigenvalue weighted by atomic mass is 10.0. The molecule has 2 heterocycles. The van der Waals surface area contributed by atoms with E-state index >= 15 is 0 Å². The second-order valence-electron chi connectivity index (χ2n) is 10.2. The summed E-state index contributed by atoms with van der Waals surface area (Å²) in [4.78, 5) is 20.9. The van der Waals surface area contributed by atoms with Gasteiger partial charge in [0.05, 0.1) is 22.7 Å². The minimum Gasteiger partial charge on any atom is -0.308 e. The highest BCUT2D eigenvalue weighted by Crippen LogP contribution is 2.53. The van der Waals surface area contributed by atoms with E-state index in [1.54, 1.807) is 11.8 Å². The number of hydrogen-bond acceptors (Lipinski definition) is 5. The van der Waals surface area contributed by atoms with Crippen molar-refractivity contribution < 1.29 is 4.79 Å². The van der Waals surface area contributed by atoms with Gasteiger partial charge < -0.3 is 9.80 Å². The summed E-state index contributed by atoms with van der Waals surface area (Å²) < 4.78 is 0. The maximum absolute atomic E-state index is 11.5. The third-order valence-electron chi connectivity index (χ3n) is 7.70. The minimum absolute atomic E-state index is 0.689. The fraction of sp³-hybridized carbons (Fsp3) is 0. The number of anilines is 6. The van der Waals surface area contributed by atoms with Crippen LogP contribution < -0.4 is 9.80 Å². The highest BCUT2D eigenvalue weighted by Gasteiger charge is 2.26. The van der Waals surface area contributed by atoms with Crippen LogP contribution in [-0.2, 0) is 0 Å². The van der Waals surface area contributed by atoms with Gasteiger partial charge in [0.25, 0.3) is 0 Å². The molecule has 0 aliphatic carbocycles. The van der Waals surface area contributed by atoms with E-state index in [0.29, 0.717) is 5.56 Å². The van der Waals surface area contributed by atoms with Crippen molar-refractivity contribution in [2.45, 2.75) is 19.6 Å². The third kappa shape index (κ3) is 4.21. The van der Waals surface area contributed by atoms with Gasteiger partial charge in [0, 0.05) is 36.5 Å². The Kier molecular flexibility index (Phi) is 6.13. The van der Waals surface area contributed by atoms with Gasteiger partial charge in [-0.15, -0.1) is 0 Å². The number of benzene rings is 6. The molecule has 0 spiro atoms. The van der Waals surface area contributed by atoms with Crippen LogP contribution in [0.4, 0.5) is 34.1 Å². The highest BCUT2D eigenvalue weighted by molar-refractivity contribution is 8.00. The minimum atomic E-state index is 0.689. The molecule has 200 valence electrons. The van der Waals surface area contributed by atoms with Crippen molar-refractivity contribution in [1.29, 1.82) is 0 Å². The first kappa shape index (κ1) is 25.0. The Morgan fingerprint density at radius 3 is 1.29 bits per heavy atom. The molecule has 2 aliphatic rings. The molecule has 8 rings (SSSR count). The molecule has 0 radical (unpaired) electrons. The predicted octanol–water partition coefficient (Wildman–Crippen LogP) is 11.0. The van der Waals surface area contributed by atoms with Crippen molar-refractivity contribution in [3.63, 3.8) is 0 Å². The molecule has 0 saturated heterocycles. The summed E-state index contributed by atoms with van der Waals surface area (Å²) in [5, 5.41) is 0. The molecule has 6 aromatic rings. The Bertz CT molecular complexity index is 1920. The molecule has 0 unspecified atom stereocenters. The van der Waals surface area contributed by atoms with E-state index in [1.807, 2.05) is 30.0 Å². The van der Waals surface area contributed by atoms with Gasteiger partial charge in [0.1, 0.15) is 6.29 Å². The lowest BCUT2D eigenvalue weighted by Crippen LogP contribution is -2.15. The van der Waals surface area contributed by atoms with Crippen LogP contribution in [0.15, 0.2) is 159 Å². The molecule has 42 heavy (non-hydrogen) atoms. The van der Waals surface area contributed by atoms with Gasteiger partial charge >= 0.3 is 0 Å². The Morgan fingerprint density at radius 1 is 0.429 bits per heavy atom. The van der Waals surface area contributed by atoms with Crippen LogP contribution in [0.1, 0.15) is 10.4 Å². The van der Waals surface area contributed by atoms with Crippen LogP contribution in [0.3, 0.4) is 0 Å². The normalized spacial score (nSPS) is 13.0. The first-order valence-corrected chi connectivity index (χ1v) is 15.4. The maximum atomic E-state index is 11.5. The van der Waals surface area contributed by atoms with Gasteiger partial charge in [-0.3, -0.25) is 4.79 Å². The zero-order valence-corrected chi connectivity index (χ0v) is 24.1.